The Morgan fingerprint density at radius 1 is 1.50 bits per heavy atom. The van der Waals surface area contributed by atoms with E-state index in [4.69, 9.17) is 4.74 Å². The van der Waals surface area contributed by atoms with E-state index in [2.05, 4.69) is 37.1 Å². The smallest absolute Gasteiger partial charge is 0.0731 e. The van der Waals surface area contributed by atoms with Crippen molar-refractivity contribution in [2.45, 2.75) is 45.4 Å². The first kappa shape index (κ1) is 11.7. The number of H-pyrrole nitrogens is 1. The Hall–Kier alpha value is -0.800. The zero-order valence-electron chi connectivity index (χ0n) is 10.6. The van der Waals surface area contributed by atoms with Crippen LogP contribution >= 0.6 is 0 Å². The van der Waals surface area contributed by atoms with Gasteiger partial charge in [-0.05, 0) is 25.0 Å². The van der Waals surface area contributed by atoms with Crippen LogP contribution in [0.25, 0.3) is 0 Å². The predicted octanol–water partition coefficient (Wildman–Crippen LogP) is 2.31. The van der Waals surface area contributed by atoms with Crippen LogP contribution in [0.4, 0.5) is 0 Å². The molecule has 1 aromatic rings. The van der Waals surface area contributed by atoms with Crippen molar-refractivity contribution in [1.29, 1.82) is 0 Å². The monoisotopic (exact) mass is 222 g/mol. The van der Waals surface area contributed by atoms with Crippen LogP contribution in [0, 0.1) is 5.41 Å². The van der Waals surface area contributed by atoms with Gasteiger partial charge in [0.25, 0.3) is 0 Å². The van der Waals surface area contributed by atoms with Gasteiger partial charge in [0.1, 0.15) is 0 Å². The third-order valence-electron chi connectivity index (χ3n) is 4.49. The maximum absolute atomic E-state index is 5.61. The van der Waals surface area contributed by atoms with Gasteiger partial charge in [0.05, 0.1) is 5.60 Å². The van der Waals surface area contributed by atoms with E-state index in [0.717, 1.165) is 13.0 Å². The van der Waals surface area contributed by atoms with Gasteiger partial charge in [0.2, 0.25) is 0 Å². The molecule has 0 radical (unpaired) electrons. The van der Waals surface area contributed by atoms with Gasteiger partial charge in [-0.25, -0.2) is 0 Å². The second-order valence-corrected chi connectivity index (χ2v) is 5.51. The summed E-state index contributed by atoms with van der Waals surface area (Å²) in [5, 5.41) is 3.60. The Morgan fingerprint density at radius 2 is 2.25 bits per heavy atom. The first-order valence-corrected chi connectivity index (χ1v) is 5.90. The summed E-state index contributed by atoms with van der Waals surface area (Å²) in [6.07, 6.45) is 5.08. The van der Waals surface area contributed by atoms with Crippen LogP contribution in [0.15, 0.2) is 18.5 Å². The van der Waals surface area contributed by atoms with Crippen molar-refractivity contribution in [3.05, 3.63) is 24.0 Å². The molecule has 1 saturated carbocycles. The third kappa shape index (κ3) is 1.68. The fourth-order valence-corrected chi connectivity index (χ4v) is 2.53. The van der Waals surface area contributed by atoms with Crippen LogP contribution in [-0.4, -0.2) is 23.7 Å². The summed E-state index contributed by atoms with van der Waals surface area (Å²) in [6, 6.07) is 2.64. The number of methoxy groups -OCH3 is 1. The second kappa shape index (κ2) is 3.90. The van der Waals surface area contributed by atoms with Gasteiger partial charge in [-0.15, -0.1) is 0 Å². The number of ether oxygens (including phenoxy) is 1. The molecule has 0 spiro atoms. The lowest BCUT2D eigenvalue weighted by Crippen LogP contribution is -2.67. The van der Waals surface area contributed by atoms with E-state index >= 15 is 0 Å². The number of hydrogen-bond donors (Lipinski definition) is 2. The Bertz CT molecular complexity index is 345. The number of nitrogens with one attached hydrogen (secondary N) is 2. The largest absolute Gasteiger partial charge is 0.378 e. The van der Waals surface area contributed by atoms with Gasteiger partial charge in [-0.3, -0.25) is 0 Å². The van der Waals surface area contributed by atoms with Crippen LogP contribution in [0.3, 0.4) is 0 Å². The first-order valence-electron chi connectivity index (χ1n) is 5.90. The second-order valence-electron chi connectivity index (χ2n) is 5.51. The lowest BCUT2D eigenvalue weighted by atomic mass is 9.56. The summed E-state index contributed by atoms with van der Waals surface area (Å²) >= 11 is 0. The molecule has 16 heavy (non-hydrogen) atoms. The minimum absolute atomic E-state index is 0.0167. The van der Waals surface area contributed by atoms with E-state index in [1.165, 1.54) is 5.56 Å². The molecule has 0 bridgehead atoms. The molecule has 1 fully saturated rings. The zero-order chi connectivity index (χ0) is 11.8. The van der Waals surface area contributed by atoms with Crippen molar-refractivity contribution >= 4 is 0 Å². The third-order valence-corrected chi connectivity index (χ3v) is 4.49. The van der Waals surface area contributed by atoms with Crippen molar-refractivity contribution < 1.29 is 4.74 Å². The number of aromatic amines is 1. The Kier molecular flexibility index (Phi) is 2.84. The standard InChI is InChI=1S/C13H22N2O/c1-12(2)11(7-13(12,3)16-4)15-9-10-5-6-14-8-10/h5-6,8,11,14-15H,7,9H2,1-4H3. The molecule has 0 saturated heterocycles. The summed E-state index contributed by atoms with van der Waals surface area (Å²) in [6.45, 7) is 7.67. The van der Waals surface area contributed by atoms with E-state index in [9.17, 15) is 0 Å². The average molecular weight is 222 g/mol. The predicted molar refractivity (Wildman–Crippen MR) is 65.2 cm³/mol. The van der Waals surface area contributed by atoms with Crippen LogP contribution in [0.5, 0.6) is 0 Å². The molecule has 0 aromatic carbocycles. The molecule has 1 aromatic heterocycles. The van der Waals surface area contributed by atoms with Gasteiger partial charge in [0.15, 0.2) is 0 Å². The number of rotatable bonds is 4. The number of aromatic nitrogens is 1. The molecule has 2 N–H and O–H groups in total. The molecule has 1 heterocycles. The topological polar surface area (TPSA) is 37.0 Å². The lowest BCUT2D eigenvalue weighted by molar-refractivity contribution is -0.180. The van der Waals surface area contributed by atoms with Crippen molar-refractivity contribution in [1.82, 2.24) is 10.3 Å². The van der Waals surface area contributed by atoms with E-state index in [0.29, 0.717) is 6.04 Å². The molecular weight excluding hydrogens is 200 g/mol. The van der Waals surface area contributed by atoms with Crippen LogP contribution in [0.2, 0.25) is 0 Å². The van der Waals surface area contributed by atoms with Gasteiger partial charge < -0.3 is 15.0 Å². The van der Waals surface area contributed by atoms with Gasteiger partial charge in [-0.2, -0.15) is 0 Å². The van der Waals surface area contributed by atoms with Gasteiger partial charge in [-0.1, -0.05) is 13.8 Å². The molecule has 1 aliphatic carbocycles. The highest BCUT2D eigenvalue weighted by Gasteiger charge is 2.57. The fraction of sp³-hybridized carbons (Fsp3) is 0.692. The first-order chi connectivity index (χ1) is 7.49. The van der Waals surface area contributed by atoms with Gasteiger partial charge in [0, 0.05) is 37.5 Å². The lowest BCUT2D eigenvalue weighted by Gasteiger charge is -2.59. The van der Waals surface area contributed by atoms with Crippen molar-refractivity contribution in [2.24, 2.45) is 5.41 Å². The molecule has 1 aliphatic rings. The molecule has 0 aliphatic heterocycles. The van der Waals surface area contributed by atoms with Gasteiger partial charge >= 0.3 is 0 Å². The summed E-state index contributed by atoms with van der Waals surface area (Å²) in [4.78, 5) is 3.07. The Balaban J connectivity index is 1.90. The quantitative estimate of drug-likeness (QED) is 0.820. The highest BCUT2D eigenvalue weighted by Crippen LogP contribution is 2.51. The zero-order valence-corrected chi connectivity index (χ0v) is 10.6. The normalized spacial score (nSPS) is 32.4. The molecular formula is C13H22N2O. The Morgan fingerprint density at radius 3 is 2.75 bits per heavy atom. The fourth-order valence-electron chi connectivity index (χ4n) is 2.53. The minimum Gasteiger partial charge on any atom is -0.378 e. The summed E-state index contributed by atoms with van der Waals surface area (Å²) in [7, 11) is 1.81. The summed E-state index contributed by atoms with van der Waals surface area (Å²) in [5.74, 6) is 0. The van der Waals surface area contributed by atoms with E-state index in [1.54, 1.807) is 0 Å². The van der Waals surface area contributed by atoms with E-state index in [1.807, 2.05) is 19.5 Å². The Labute approximate surface area is 97.6 Å². The van der Waals surface area contributed by atoms with Crippen molar-refractivity contribution in [2.75, 3.05) is 7.11 Å². The van der Waals surface area contributed by atoms with Crippen molar-refractivity contribution in [3.8, 4) is 0 Å². The van der Waals surface area contributed by atoms with Crippen LogP contribution in [0.1, 0.15) is 32.8 Å². The molecule has 2 unspecified atom stereocenters. The summed E-state index contributed by atoms with van der Waals surface area (Å²) < 4.78 is 5.61. The summed E-state index contributed by atoms with van der Waals surface area (Å²) in [5.41, 5.74) is 1.52. The highest BCUT2D eigenvalue weighted by molar-refractivity contribution is 5.13. The molecule has 3 nitrogen and oxygen atoms in total. The van der Waals surface area contributed by atoms with E-state index < -0.39 is 0 Å². The molecule has 2 rings (SSSR count). The molecule has 2 atom stereocenters. The minimum atomic E-state index is 0.0167. The van der Waals surface area contributed by atoms with E-state index in [-0.39, 0.29) is 11.0 Å². The molecule has 3 heteroatoms. The van der Waals surface area contributed by atoms with Crippen molar-refractivity contribution in [3.63, 3.8) is 0 Å². The van der Waals surface area contributed by atoms with Crippen LogP contribution in [-0.2, 0) is 11.3 Å². The molecule has 0 amide bonds. The number of hydrogen-bond acceptors (Lipinski definition) is 2. The molecule has 90 valence electrons. The maximum atomic E-state index is 5.61. The highest BCUT2D eigenvalue weighted by atomic mass is 16.5. The maximum Gasteiger partial charge on any atom is 0.0731 e. The average Bonchev–Trinajstić information content (AvgIpc) is 2.76. The SMILES string of the molecule is COC1(C)CC(NCc2cc[nH]c2)C1(C)C. The van der Waals surface area contributed by atoms with Crippen LogP contribution < -0.4 is 5.32 Å².